The number of aromatic nitrogens is 5. The van der Waals surface area contributed by atoms with E-state index in [1.165, 1.54) is 6.33 Å². The van der Waals surface area contributed by atoms with Gasteiger partial charge in [-0.1, -0.05) is 5.21 Å². The fraction of sp³-hybridized carbons (Fsp3) is 0.600. The van der Waals surface area contributed by atoms with Crippen LogP contribution in [0.15, 0.2) is 6.33 Å². The van der Waals surface area contributed by atoms with Gasteiger partial charge < -0.3 is 15.2 Å². The first-order valence-electron chi connectivity index (χ1n) is 5.66. The molecule has 96 valence electrons. The van der Waals surface area contributed by atoms with Crippen molar-refractivity contribution in [2.45, 2.75) is 32.3 Å². The number of fused-ring (bicyclic) bond motifs is 1. The van der Waals surface area contributed by atoms with E-state index in [4.69, 9.17) is 15.2 Å². The molecule has 0 saturated carbocycles. The van der Waals surface area contributed by atoms with Crippen LogP contribution < -0.4 is 5.73 Å². The summed E-state index contributed by atoms with van der Waals surface area (Å²) in [5.74, 6) is -0.188. The summed E-state index contributed by atoms with van der Waals surface area (Å²) in [7, 11) is 0. The molecular weight excluding hydrogens is 236 g/mol. The molecule has 0 spiro atoms. The second-order valence-electron chi connectivity index (χ2n) is 4.65. The lowest BCUT2D eigenvalue weighted by Crippen LogP contribution is -2.24. The first-order chi connectivity index (χ1) is 8.55. The molecule has 2 aromatic heterocycles. The SMILES string of the molecule is CC1(C)OC[C@H](Cn2nnc3ncnc(N)c32)O1. The zero-order valence-electron chi connectivity index (χ0n) is 10.2. The van der Waals surface area contributed by atoms with Crippen LogP contribution in [0.25, 0.3) is 11.2 Å². The summed E-state index contributed by atoms with van der Waals surface area (Å²) in [5, 5.41) is 7.96. The first-order valence-corrected chi connectivity index (χ1v) is 5.66. The predicted molar refractivity (Wildman–Crippen MR) is 62.4 cm³/mol. The number of nitrogens with zero attached hydrogens (tertiary/aromatic N) is 5. The summed E-state index contributed by atoms with van der Waals surface area (Å²) < 4.78 is 12.9. The van der Waals surface area contributed by atoms with Crippen LogP contribution in [-0.4, -0.2) is 43.5 Å². The molecular formula is C10H14N6O2. The highest BCUT2D eigenvalue weighted by Crippen LogP contribution is 2.24. The number of rotatable bonds is 2. The van der Waals surface area contributed by atoms with E-state index in [1.807, 2.05) is 13.8 Å². The van der Waals surface area contributed by atoms with E-state index in [0.29, 0.717) is 30.1 Å². The molecule has 0 aliphatic carbocycles. The highest BCUT2D eigenvalue weighted by atomic mass is 16.7. The predicted octanol–water partition coefficient (Wildman–Crippen LogP) is -0.0450. The van der Waals surface area contributed by atoms with Gasteiger partial charge in [-0.25, -0.2) is 14.6 Å². The van der Waals surface area contributed by atoms with Crippen molar-refractivity contribution >= 4 is 17.0 Å². The molecule has 18 heavy (non-hydrogen) atoms. The molecule has 0 unspecified atom stereocenters. The number of anilines is 1. The minimum absolute atomic E-state index is 0.0792. The third kappa shape index (κ3) is 1.89. The fourth-order valence-corrected chi connectivity index (χ4v) is 2.02. The number of ether oxygens (including phenoxy) is 2. The average molecular weight is 250 g/mol. The Kier molecular flexibility index (Phi) is 2.42. The largest absolute Gasteiger partial charge is 0.382 e. The molecule has 1 aliphatic heterocycles. The molecule has 0 bridgehead atoms. The van der Waals surface area contributed by atoms with Crippen LogP contribution in [0.4, 0.5) is 5.82 Å². The highest BCUT2D eigenvalue weighted by Gasteiger charge is 2.33. The Balaban J connectivity index is 1.88. The van der Waals surface area contributed by atoms with Gasteiger partial charge in [-0.2, -0.15) is 0 Å². The Morgan fingerprint density at radius 1 is 1.50 bits per heavy atom. The van der Waals surface area contributed by atoms with Gasteiger partial charge >= 0.3 is 0 Å². The smallest absolute Gasteiger partial charge is 0.207 e. The quantitative estimate of drug-likeness (QED) is 0.797. The molecule has 1 saturated heterocycles. The van der Waals surface area contributed by atoms with Crippen LogP contribution in [0.1, 0.15) is 13.8 Å². The van der Waals surface area contributed by atoms with Crippen molar-refractivity contribution in [2.75, 3.05) is 12.3 Å². The van der Waals surface area contributed by atoms with Gasteiger partial charge in [0.25, 0.3) is 0 Å². The Hall–Kier alpha value is -1.80. The van der Waals surface area contributed by atoms with Gasteiger partial charge in [-0.05, 0) is 13.8 Å². The van der Waals surface area contributed by atoms with Crippen LogP contribution in [0.3, 0.4) is 0 Å². The van der Waals surface area contributed by atoms with Gasteiger partial charge in [-0.15, -0.1) is 5.10 Å². The van der Waals surface area contributed by atoms with E-state index in [2.05, 4.69) is 20.3 Å². The van der Waals surface area contributed by atoms with Gasteiger partial charge in [0.1, 0.15) is 17.9 Å². The van der Waals surface area contributed by atoms with Crippen molar-refractivity contribution in [3.63, 3.8) is 0 Å². The van der Waals surface area contributed by atoms with E-state index < -0.39 is 5.79 Å². The molecule has 1 fully saturated rings. The Bertz CT molecular complexity index is 581. The van der Waals surface area contributed by atoms with Gasteiger partial charge in [0.05, 0.1) is 13.2 Å². The molecule has 8 nitrogen and oxygen atoms in total. The lowest BCUT2D eigenvalue weighted by atomic mass is 10.3. The fourth-order valence-electron chi connectivity index (χ4n) is 2.02. The maximum Gasteiger partial charge on any atom is 0.207 e. The molecule has 2 N–H and O–H groups in total. The van der Waals surface area contributed by atoms with E-state index in [1.54, 1.807) is 4.68 Å². The van der Waals surface area contributed by atoms with Gasteiger partial charge in [0.15, 0.2) is 11.6 Å². The Labute approximate surface area is 103 Å². The standard InChI is InChI=1S/C10H14N6O2/c1-10(2)17-4-6(18-10)3-16-7-8(11)12-5-13-9(7)14-15-16/h5-6H,3-4H2,1-2H3,(H2,11,12,13)/t6-/m0/s1. The van der Waals surface area contributed by atoms with Crippen molar-refractivity contribution in [3.05, 3.63) is 6.33 Å². The third-order valence-electron chi connectivity index (χ3n) is 2.78. The van der Waals surface area contributed by atoms with Gasteiger partial charge in [0, 0.05) is 0 Å². The molecule has 2 aromatic rings. The summed E-state index contributed by atoms with van der Waals surface area (Å²) in [6.45, 7) is 4.79. The topological polar surface area (TPSA) is 101 Å². The van der Waals surface area contributed by atoms with E-state index >= 15 is 0 Å². The normalized spacial score (nSPS) is 22.7. The number of nitrogens with two attached hydrogens (primary N) is 1. The van der Waals surface area contributed by atoms with Crippen molar-refractivity contribution in [2.24, 2.45) is 0 Å². The van der Waals surface area contributed by atoms with Crippen molar-refractivity contribution < 1.29 is 9.47 Å². The minimum Gasteiger partial charge on any atom is -0.382 e. The molecule has 0 amide bonds. The highest BCUT2D eigenvalue weighted by molar-refractivity contribution is 5.80. The number of nitrogen functional groups attached to an aromatic ring is 1. The van der Waals surface area contributed by atoms with Crippen LogP contribution >= 0.6 is 0 Å². The number of hydrogen-bond donors (Lipinski definition) is 1. The zero-order valence-corrected chi connectivity index (χ0v) is 10.2. The molecule has 1 atom stereocenters. The second-order valence-corrected chi connectivity index (χ2v) is 4.65. The van der Waals surface area contributed by atoms with E-state index in [0.717, 1.165) is 0 Å². The molecule has 0 aromatic carbocycles. The first kappa shape index (κ1) is 11.3. The second kappa shape index (κ2) is 3.85. The van der Waals surface area contributed by atoms with Crippen molar-refractivity contribution in [1.82, 2.24) is 25.0 Å². The van der Waals surface area contributed by atoms with E-state index in [-0.39, 0.29) is 6.10 Å². The molecule has 3 rings (SSSR count). The van der Waals surface area contributed by atoms with Crippen LogP contribution in [0.5, 0.6) is 0 Å². The van der Waals surface area contributed by atoms with Crippen molar-refractivity contribution in [3.8, 4) is 0 Å². The number of hydrogen-bond acceptors (Lipinski definition) is 7. The molecule has 0 radical (unpaired) electrons. The third-order valence-corrected chi connectivity index (χ3v) is 2.78. The maximum absolute atomic E-state index is 5.80. The van der Waals surface area contributed by atoms with Crippen molar-refractivity contribution in [1.29, 1.82) is 0 Å². The maximum atomic E-state index is 5.80. The average Bonchev–Trinajstić information content (AvgIpc) is 2.85. The van der Waals surface area contributed by atoms with E-state index in [9.17, 15) is 0 Å². The lowest BCUT2D eigenvalue weighted by molar-refractivity contribution is -0.139. The summed E-state index contributed by atoms with van der Waals surface area (Å²) in [4.78, 5) is 7.95. The Morgan fingerprint density at radius 3 is 3.06 bits per heavy atom. The molecule has 1 aliphatic rings. The lowest BCUT2D eigenvalue weighted by Gasteiger charge is -2.17. The molecule has 3 heterocycles. The summed E-state index contributed by atoms with van der Waals surface area (Å²) in [6.07, 6.45) is 1.29. The molecule has 8 heteroatoms. The summed E-state index contributed by atoms with van der Waals surface area (Å²) in [5.41, 5.74) is 6.92. The zero-order chi connectivity index (χ0) is 12.8. The van der Waals surface area contributed by atoms with Crippen LogP contribution in [0.2, 0.25) is 0 Å². The van der Waals surface area contributed by atoms with Gasteiger partial charge in [0.2, 0.25) is 5.65 Å². The van der Waals surface area contributed by atoms with Gasteiger partial charge in [-0.3, -0.25) is 0 Å². The monoisotopic (exact) mass is 250 g/mol. The summed E-state index contributed by atoms with van der Waals surface area (Å²) >= 11 is 0. The minimum atomic E-state index is -0.552. The van der Waals surface area contributed by atoms with Crippen LogP contribution in [-0.2, 0) is 16.0 Å². The Morgan fingerprint density at radius 2 is 2.33 bits per heavy atom. The van der Waals surface area contributed by atoms with Crippen LogP contribution in [0, 0.1) is 0 Å². The summed E-state index contributed by atoms with van der Waals surface area (Å²) in [6, 6.07) is 0.